The Morgan fingerprint density at radius 3 is 2.45 bits per heavy atom. The molecule has 0 aliphatic carbocycles. The topological polar surface area (TPSA) is 46.2 Å². The van der Waals surface area contributed by atoms with Crippen LogP contribution in [0.5, 0.6) is 0 Å². The van der Waals surface area contributed by atoms with Crippen LogP contribution in [0.3, 0.4) is 0 Å². The van der Waals surface area contributed by atoms with Crippen molar-refractivity contribution in [2.24, 2.45) is 0 Å². The highest BCUT2D eigenvalue weighted by molar-refractivity contribution is 9.10. The lowest BCUT2D eigenvalue weighted by Gasteiger charge is -2.11. The van der Waals surface area contributed by atoms with Gasteiger partial charge in [0.05, 0.1) is 15.1 Å². The van der Waals surface area contributed by atoms with Crippen LogP contribution in [0.15, 0.2) is 45.8 Å². The molecule has 0 amide bonds. The first kappa shape index (κ1) is 15.0. The number of benzene rings is 2. The van der Waals surface area contributed by atoms with E-state index in [0.717, 1.165) is 11.6 Å². The minimum absolute atomic E-state index is 0.187. The highest BCUT2D eigenvalue weighted by Gasteiger charge is 2.17. The second-order valence-electron chi connectivity index (χ2n) is 4.50. The third kappa shape index (κ3) is 3.19. The van der Waals surface area contributed by atoms with Gasteiger partial charge in [-0.25, -0.2) is 12.8 Å². The number of anilines is 1. The van der Waals surface area contributed by atoms with Gasteiger partial charge in [-0.3, -0.25) is 4.72 Å². The molecule has 0 unspecified atom stereocenters. The second-order valence-corrected chi connectivity index (χ2v) is 7.01. The maximum atomic E-state index is 13.4. The third-order valence-corrected chi connectivity index (χ3v) is 4.97. The average molecular weight is 358 g/mol. The maximum Gasteiger partial charge on any atom is 0.262 e. The van der Waals surface area contributed by atoms with Crippen molar-refractivity contribution < 1.29 is 12.8 Å². The lowest BCUT2D eigenvalue weighted by molar-refractivity contribution is 0.600. The number of nitrogens with one attached hydrogen (secondary N) is 1. The summed E-state index contributed by atoms with van der Waals surface area (Å²) in [6, 6.07) is 9.26. The number of sulfonamides is 1. The van der Waals surface area contributed by atoms with Gasteiger partial charge < -0.3 is 0 Å². The molecule has 20 heavy (non-hydrogen) atoms. The molecule has 0 aliphatic rings. The van der Waals surface area contributed by atoms with E-state index in [1.165, 1.54) is 12.1 Å². The molecule has 6 heteroatoms. The van der Waals surface area contributed by atoms with Crippen LogP contribution in [-0.2, 0) is 10.0 Å². The van der Waals surface area contributed by atoms with Crippen molar-refractivity contribution in [1.82, 2.24) is 0 Å². The Bertz CT molecular complexity index is 760. The summed E-state index contributed by atoms with van der Waals surface area (Å²) in [5, 5.41) is 0. The Kier molecular flexibility index (Phi) is 4.15. The minimum Gasteiger partial charge on any atom is -0.280 e. The van der Waals surface area contributed by atoms with Gasteiger partial charge in [-0.15, -0.1) is 0 Å². The SMILES string of the molecule is Cc1ccc(C)c(S(=O)(=O)Nc2ccc(Br)c(F)c2)c1. The molecule has 2 aromatic carbocycles. The van der Waals surface area contributed by atoms with Crippen molar-refractivity contribution in [1.29, 1.82) is 0 Å². The number of aryl methyl sites for hydroxylation is 2. The predicted molar refractivity (Wildman–Crippen MR) is 80.8 cm³/mol. The molecule has 2 aromatic rings. The van der Waals surface area contributed by atoms with Gasteiger partial charge in [0.15, 0.2) is 0 Å². The van der Waals surface area contributed by atoms with Gasteiger partial charge in [0.1, 0.15) is 5.82 Å². The highest BCUT2D eigenvalue weighted by atomic mass is 79.9. The quantitative estimate of drug-likeness (QED) is 0.901. The smallest absolute Gasteiger partial charge is 0.262 e. The van der Waals surface area contributed by atoms with Gasteiger partial charge in [-0.05, 0) is 65.2 Å². The Morgan fingerprint density at radius 2 is 1.80 bits per heavy atom. The Hall–Kier alpha value is -1.40. The van der Waals surface area contributed by atoms with E-state index in [-0.39, 0.29) is 15.1 Å². The molecule has 0 fully saturated rings. The fourth-order valence-electron chi connectivity index (χ4n) is 1.77. The number of hydrogen-bond donors (Lipinski definition) is 1. The van der Waals surface area contributed by atoms with Crippen LogP contribution in [0, 0.1) is 19.7 Å². The number of halogens is 2. The van der Waals surface area contributed by atoms with Crippen molar-refractivity contribution in [3.05, 3.63) is 57.8 Å². The molecular weight excluding hydrogens is 345 g/mol. The van der Waals surface area contributed by atoms with E-state index in [2.05, 4.69) is 20.7 Å². The van der Waals surface area contributed by atoms with Gasteiger partial charge in [0.25, 0.3) is 10.0 Å². The van der Waals surface area contributed by atoms with Gasteiger partial charge in [0.2, 0.25) is 0 Å². The summed E-state index contributed by atoms with van der Waals surface area (Å²) < 4.78 is 40.7. The van der Waals surface area contributed by atoms with Crippen molar-refractivity contribution in [2.45, 2.75) is 18.7 Å². The number of rotatable bonds is 3. The van der Waals surface area contributed by atoms with Crippen LogP contribution in [0.1, 0.15) is 11.1 Å². The molecule has 3 nitrogen and oxygen atoms in total. The second kappa shape index (κ2) is 5.54. The van der Waals surface area contributed by atoms with Crippen molar-refractivity contribution in [3.63, 3.8) is 0 Å². The van der Waals surface area contributed by atoms with Gasteiger partial charge in [0, 0.05) is 0 Å². The summed E-state index contributed by atoms with van der Waals surface area (Å²) in [5.41, 5.74) is 1.67. The molecule has 0 bridgehead atoms. The van der Waals surface area contributed by atoms with E-state index in [4.69, 9.17) is 0 Å². The first-order chi connectivity index (χ1) is 9.29. The molecule has 0 saturated heterocycles. The van der Waals surface area contributed by atoms with Crippen LogP contribution < -0.4 is 4.72 Å². The van der Waals surface area contributed by atoms with E-state index in [0.29, 0.717) is 5.56 Å². The lowest BCUT2D eigenvalue weighted by Crippen LogP contribution is -2.14. The zero-order chi connectivity index (χ0) is 14.9. The highest BCUT2D eigenvalue weighted by Crippen LogP contribution is 2.23. The van der Waals surface area contributed by atoms with Crippen LogP contribution in [-0.4, -0.2) is 8.42 Å². The van der Waals surface area contributed by atoms with E-state index in [1.807, 2.05) is 13.0 Å². The van der Waals surface area contributed by atoms with E-state index in [9.17, 15) is 12.8 Å². The zero-order valence-corrected chi connectivity index (χ0v) is 13.3. The average Bonchev–Trinajstić information content (AvgIpc) is 2.36. The van der Waals surface area contributed by atoms with E-state index < -0.39 is 15.8 Å². The van der Waals surface area contributed by atoms with Crippen LogP contribution in [0.2, 0.25) is 0 Å². The maximum absolute atomic E-state index is 13.4. The summed E-state index contributed by atoms with van der Waals surface area (Å²) in [5.74, 6) is -0.522. The largest absolute Gasteiger partial charge is 0.280 e. The summed E-state index contributed by atoms with van der Waals surface area (Å²) in [6.45, 7) is 3.54. The van der Waals surface area contributed by atoms with Crippen molar-refractivity contribution in [2.75, 3.05) is 4.72 Å². The van der Waals surface area contributed by atoms with Gasteiger partial charge >= 0.3 is 0 Å². The predicted octanol–water partition coefficient (Wildman–Crippen LogP) is 4.01. The van der Waals surface area contributed by atoms with E-state index in [1.54, 1.807) is 19.1 Å². The van der Waals surface area contributed by atoms with Crippen molar-refractivity contribution >= 4 is 31.6 Å². The first-order valence-electron chi connectivity index (χ1n) is 5.85. The van der Waals surface area contributed by atoms with E-state index >= 15 is 0 Å². The Balaban J connectivity index is 2.40. The molecule has 0 aliphatic heterocycles. The molecule has 0 spiro atoms. The van der Waals surface area contributed by atoms with Crippen LogP contribution in [0.4, 0.5) is 10.1 Å². The van der Waals surface area contributed by atoms with Gasteiger partial charge in [-0.2, -0.15) is 0 Å². The Morgan fingerprint density at radius 1 is 1.10 bits per heavy atom. The zero-order valence-electron chi connectivity index (χ0n) is 10.9. The molecule has 0 saturated carbocycles. The molecular formula is C14H13BrFNO2S. The molecule has 0 atom stereocenters. The fourth-order valence-corrected chi connectivity index (χ4v) is 3.39. The first-order valence-corrected chi connectivity index (χ1v) is 8.12. The summed E-state index contributed by atoms with van der Waals surface area (Å²) in [4.78, 5) is 0.195. The molecule has 0 heterocycles. The van der Waals surface area contributed by atoms with Crippen LogP contribution in [0.25, 0.3) is 0 Å². The minimum atomic E-state index is -3.73. The fraction of sp³-hybridized carbons (Fsp3) is 0.143. The normalized spacial score (nSPS) is 11.4. The lowest BCUT2D eigenvalue weighted by atomic mass is 10.2. The molecule has 0 aromatic heterocycles. The molecule has 106 valence electrons. The molecule has 1 N–H and O–H groups in total. The number of hydrogen-bond acceptors (Lipinski definition) is 2. The summed E-state index contributed by atoms with van der Waals surface area (Å²) in [7, 11) is -3.73. The van der Waals surface area contributed by atoms with Crippen molar-refractivity contribution in [3.8, 4) is 0 Å². The summed E-state index contributed by atoms with van der Waals surface area (Å²) >= 11 is 3.02. The standard InChI is InChI=1S/C14H13BrFNO2S/c1-9-3-4-10(2)14(7-9)20(18,19)17-11-5-6-12(15)13(16)8-11/h3-8,17H,1-2H3. The van der Waals surface area contributed by atoms with Crippen LogP contribution >= 0.6 is 15.9 Å². The third-order valence-electron chi connectivity index (χ3n) is 2.80. The summed E-state index contributed by atoms with van der Waals surface area (Å²) in [6.07, 6.45) is 0. The molecule has 0 radical (unpaired) electrons. The van der Waals surface area contributed by atoms with Gasteiger partial charge in [-0.1, -0.05) is 12.1 Å². The Labute approximate surface area is 126 Å². The monoisotopic (exact) mass is 357 g/mol. The molecule has 2 rings (SSSR count).